The van der Waals surface area contributed by atoms with Gasteiger partial charge in [-0.25, -0.2) is 9.97 Å². The molecule has 8 heteroatoms. The Balaban J connectivity index is 2.07. The van der Waals surface area contributed by atoms with Gasteiger partial charge in [-0.2, -0.15) is 20.3 Å². The van der Waals surface area contributed by atoms with Crippen molar-refractivity contribution in [3.63, 3.8) is 0 Å². The van der Waals surface area contributed by atoms with Crippen molar-refractivity contribution in [3.05, 3.63) is 39.9 Å². The van der Waals surface area contributed by atoms with Crippen LogP contribution in [-0.2, 0) is 0 Å². The van der Waals surface area contributed by atoms with E-state index in [-0.39, 0.29) is 6.04 Å². The monoisotopic (exact) mass is 415 g/mol. The van der Waals surface area contributed by atoms with Crippen molar-refractivity contribution < 1.29 is 0 Å². The molecule has 3 rings (SSSR count). The number of fused-ring (bicyclic) bond motifs is 1. The molecule has 3 heterocycles. The molecular formula is C15H10IN7. The van der Waals surface area contributed by atoms with E-state index in [2.05, 4.69) is 55.1 Å². The molecule has 0 aliphatic carbocycles. The van der Waals surface area contributed by atoms with Crippen molar-refractivity contribution >= 4 is 39.3 Å². The van der Waals surface area contributed by atoms with Crippen molar-refractivity contribution in [2.75, 3.05) is 5.32 Å². The molecule has 0 aliphatic rings. The average molecular weight is 415 g/mol. The summed E-state index contributed by atoms with van der Waals surface area (Å²) in [6.07, 6.45) is 4.86. The maximum atomic E-state index is 8.95. The Morgan fingerprint density at radius 3 is 2.78 bits per heavy atom. The zero-order valence-corrected chi connectivity index (χ0v) is 14.2. The maximum Gasteiger partial charge on any atom is 0.164 e. The van der Waals surface area contributed by atoms with E-state index in [1.54, 1.807) is 30.1 Å². The van der Waals surface area contributed by atoms with E-state index >= 15 is 0 Å². The summed E-state index contributed by atoms with van der Waals surface area (Å²) in [5, 5.41) is 26.1. The third-order valence-electron chi connectivity index (χ3n) is 3.16. The Bertz CT molecular complexity index is 964. The molecule has 1 N–H and O–H groups in total. The number of hydrogen-bond acceptors (Lipinski definition) is 6. The molecule has 0 spiro atoms. The largest absolute Gasteiger partial charge is 0.369 e. The third-order valence-corrected chi connectivity index (χ3v) is 4.02. The summed E-state index contributed by atoms with van der Waals surface area (Å²) in [6.45, 7) is 1.78. The van der Waals surface area contributed by atoms with Gasteiger partial charge in [0.15, 0.2) is 11.5 Å². The molecule has 1 atom stereocenters. The van der Waals surface area contributed by atoms with Gasteiger partial charge in [0.1, 0.15) is 12.1 Å². The molecule has 112 valence electrons. The summed E-state index contributed by atoms with van der Waals surface area (Å²) >= 11 is 2.16. The fraction of sp³-hybridized carbons (Fsp3) is 0.133. The van der Waals surface area contributed by atoms with Gasteiger partial charge in [-0.3, -0.25) is 0 Å². The van der Waals surface area contributed by atoms with Crippen LogP contribution >= 0.6 is 22.6 Å². The van der Waals surface area contributed by atoms with E-state index in [0.29, 0.717) is 17.0 Å². The maximum absolute atomic E-state index is 8.95. The lowest BCUT2D eigenvalue weighted by atomic mass is 10.2. The molecule has 0 amide bonds. The lowest BCUT2D eigenvalue weighted by Gasteiger charge is -2.11. The van der Waals surface area contributed by atoms with Crippen LogP contribution in [0.3, 0.4) is 0 Å². The highest BCUT2D eigenvalue weighted by atomic mass is 127. The average Bonchev–Trinajstić information content (AvgIpc) is 2.99. The van der Waals surface area contributed by atoms with E-state index in [1.165, 1.54) is 6.20 Å². The normalized spacial score (nSPS) is 11.7. The second-order valence-corrected chi connectivity index (χ2v) is 5.98. The summed E-state index contributed by atoms with van der Waals surface area (Å²) in [7, 11) is 0. The lowest BCUT2D eigenvalue weighted by Crippen LogP contribution is -2.14. The Hall–Kier alpha value is -2.72. The van der Waals surface area contributed by atoms with Crippen LogP contribution in [0.1, 0.15) is 12.5 Å². The highest BCUT2D eigenvalue weighted by Crippen LogP contribution is 2.22. The summed E-state index contributed by atoms with van der Waals surface area (Å²) in [5.41, 5.74) is 1.91. The second-order valence-electron chi connectivity index (χ2n) is 4.82. The molecular weight excluding hydrogens is 405 g/mol. The Labute approximate surface area is 145 Å². The topological polar surface area (TPSA) is 103 Å². The number of hydrogen-bond donors (Lipinski definition) is 1. The quantitative estimate of drug-likeness (QED) is 0.660. The number of nitrogens with zero attached hydrogens (tertiary/aromatic N) is 6. The Morgan fingerprint density at radius 2 is 2.04 bits per heavy atom. The predicted molar refractivity (Wildman–Crippen MR) is 92.8 cm³/mol. The molecule has 1 unspecified atom stereocenters. The Morgan fingerprint density at radius 1 is 1.22 bits per heavy atom. The number of aromatic nitrogens is 4. The molecule has 0 bridgehead atoms. The van der Waals surface area contributed by atoms with Crippen LogP contribution in [0.5, 0.6) is 0 Å². The second kappa shape index (κ2) is 6.18. The van der Waals surface area contributed by atoms with E-state index in [4.69, 9.17) is 10.5 Å². The smallest absolute Gasteiger partial charge is 0.164 e. The highest BCUT2D eigenvalue weighted by Gasteiger charge is 2.11. The van der Waals surface area contributed by atoms with E-state index in [0.717, 1.165) is 14.6 Å². The van der Waals surface area contributed by atoms with Crippen molar-refractivity contribution in [1.82, 2.24) is 19.7 Å². The Kier molecular flexibility index (Phi) is 4.08. The summed E-state index contributed by atoms with van der Waals surface area (Å²) in [5.74, 6) is 0.588. The summed E-state index contributed by atoms with van der Waals surface area (Å²) in [4.78, 5) is 8.65. The fourth-order valence-corrected chi connectivity index (χ4v) is 2.52. The van der Waals surface area contributed by atoms with Gasteiger partial charge in [-0.15, -0.1) is 0 Å². The van der Waals surface area contributed by atoms with Gasteiger partial charge in [-0.1, -0.05) is 0 Å². The minimum Gasteiger partial charge on any atom is -0.369 e. The predicted octanol–water partition coefficient (Wildman–Crippen LogP) is 2.62. The van der Waals surface area contributed by atoms with Crippen LogP contribution in [0.25, 0.3) is 16.9 Å². The third kappa shape index (κ3) is 2.94. The standard InChI is InChI=1S/C15H10IN7/c1-9(4-17)22-13-3-14(19-8-12(13)16)23-15-11(7-21-23)2-10(5-18)6-20-15/h2-3,6-9H,1H3,(H,19,22). The minimum atomic E-state index is -0.315. The molecule has 0 aliphatic heterocycles. The van der Waals surface area contributed by atoms with E-state index in [9.17, 15) is 0 Å². The fourth-order valence-electron chi connectivity index (χ4n) is 2.07. The van der Waals surface area contributed by atoms with Crippen LogP contribution in [0.15, 0.2) is 30.7 Å². The van der Waals surface area contributed by atoms with Crippen molar-refractivity contribution in [3.8, 4) is 18.0 Å². The number of anilines is 1. The molecule has 0 saturated heterocycles. The van der Waals surface area contributed by atoms with E-state index in [1.807, 2.05) is 6.07 Å². The first kappa shape index (κ1) is 15.2. The molecule has 0 radical (unpaired) electrons. The van der Waals surface area contributed by atoms with E-state index < -0.39 is 0 Å². The first-order valence-electron chi connectivity index (χ1n) is 6.68. The van der Waals surface area contributed by atoms with Crippen molar-refractivity contribution in [1.29, 1.82) is 10.5 Å². The van der Waals surface area contributed by atoms with Gasteiger partial charge < -0.3 is 5.32 Å². The van der Waals surface area contributed by atoms with Crippen LogP contribution in [-0.4, -0.2) is 25.8 Å². The van der Waals surface area contributed by atoms with Crippen LogP contribution in [0, 0.1) is 26.2 Å². The SMILES string of the molecule is CC(C#N)Nc1cc(-n2ncc3cc(C#N)cnc32)ncc1I. The number of rotatable bonds is 3. The lowest BCUT2D eigenvalue weighted by molar-refractivity contribution is 0.860. The number of pyridine rings is 2. The minimum absolute atomic E-state index is 0.315. The van der Waals surface area contributed by atoms with Gasteiger partial charge in [0.25, 0.3) is 0 Å². The van der Waals surface area contributed by atoms with Gasteiger partial charge >= 0.3 is 0 Å². The first-order chi connectivity index (χ1) is 11.1. The molecule has 7 nitrogen and oxygen atoms in total. The molecule has 3 aromatic rings. The molecule has 0 saturated carbocycles. The van der Waals surface area contributed by atoms with Crippen molar-refractivity contribution in [2.45, 2.75) is 13.0 Å². The zero-order valence-electron chi connectivity index (χ0n) is 12.0. The van der Waals surface area contributed by atoms with Crippen LogP contribution in [0.2, 0.25) is 0 Å². The first-order valence-corrected chi connectivity index (χ1v) is 7.76. The summed E-state index contributed by atoms with van der Waals surface area (Å²) < 4.78 is 2.51. The highest BCUT2D eigenvalue weighted by molar-refractivity contribution is 14.1. The van der Waals surface area contributed by atoms with Gasteiger partial charge in [-0.05, 0) is 35.6 Å². The van der Waals surface area contributed by atoms with Gasteiger partial charge in [0, 0.05) is 23.8 Å². The van der Waals surface area contributed by atoms with Crippen molar-refractivity contribution in [2.24, 2.45) is 0 Å². The molecule has 3 aromatic heterocycles. The molecule has 23 heavy (non-hydrogen) atoms. The van der Waals surface area contributed by atoms with Gasteiger partial charge in [0.2, 0.25) is 0 Å². The van der Waals surface area contributed by atoms with Crippen LogP contribution < -0.4 is 5.32 Å². The molecule has 0 fully saturated rings. The molecule has 0 aromatic carbocycles. The number of halogens is 1. The number of nitrogens with one attached hydrogen (secondary N) is 1. The summed E-state index contributed by atoms with van der Waals surface area (Å²) in [6, 6.07) is 7.43. The van der Waals surface area contributed by atoms with Gasteiger partial charge in [0.05, 0.1) is 27.1 Å². The van der Waals surface area contributed by atoms with Crippen LogP contribution in [0.4, 0.5) is 5.69 Å². The number of nitriles is 2. The zero-order chi connectivity index (χ0) is 16.4.